The number of ether oxygens (including phenoxy) is 2. The molecule has 3 rings (SSSR count). The highest BCUT2D eigenvalue weighted by molar-refractivity contribution is 8.01. The lowest BCUT2D eigenvalue weighted by Crippen LogP contribution is -2.33. The summed E-state index contributed by atoms with van der Waals surface area (Å²) in [4.78, 5) is 25.3. The van der Waals surface area contributed by atoms with Crippen molar-refractivity contribution in [2.45, 2.75) is 16.6 Å². The van der Waals surface area contributed by atoms with Crippen LogP contribution in [-0.2, 0) is 9.59 Å². The molecule has 0 aromatic heterocycles. The number of anilines is 1. The molecule has 2 aromatic carbocycles. The third-order valence-electron chi connectivity index (χ3n) is 3.91. The zero-order chi connectivity index (χ0) is 19.2. The molecule has 7 nitrogen and oxygen atoms in total. The van der Waals surface area contributed by atoms with Crippen LogP contribution >= 0.6 is 11.8 Å². The minimum atomic E-state index is -0.499. The van der Waals surface area contributed by atoms with Gasteiger partial charge in [-0.2, -0.15) is 5.10 Å². The van der Waals surface area contributed by atoms with E-state index in [0.29, 0.717) is 17.1 Å². The molecule has 2 amide bonds. The Morgan fingerprint density at radius 1 is 1.26 bits per heavy atom. The first-order valence-corrected chi connectivity index (χ1v) is 9.09. The largest absolute Gasteiger partial charge is 0.497 e. The molecule has 0 fully saturated rings. The first kappa shape index (κ1) is 18.8. The molecule has 2 N–H and O–H groups in total. The molecule has 0 saturated heterocycles. The maximum absolute atomic E-state index is 12.2. The van der Waals surface area contributed by atoms with Crippen LogP contribution in [0.1, 0.15) is 12.0 Å². The number of carbonyl (C=O) groups excluding carboxylic acids is 2. The van der Waals surface area contributed by atoms with Crippen LogP contribution in [-0.4, -0.2) is 37.5 Å². The fraction of sp³-hybridized carbons (Fsp3) is 0.211. The monoisotopic (exact) mass is 385 g/mol. The predicted octanol–water partition coefficient (Wildman–Crippen LogP) is 2.66. The van der Waals surface area contributed by atoms with Crippen molar-refractivity contribution in [1.82, 2.24) is 5.43 Å². The molecular weight excluding hydrogens is 366 g/mol. The van der Waals surface area contributed by atoms with Crippen LogP contribution in [0, 0.1) is 0 Å². The number of carbonyl (C=O) groups is 2. The third-order valence-corrected chi connectivity index (χ3v) is 5.18. The van der Waals surface area contributed by atoms with Gasteiger partial charge in [0.2, 0.25) is 11.8 Å². The number of nitrogens with one attached hydrogen (secondary N) is 2. The van der Waals surface area contributed by atoms with Gasteiger partial charge >= 0.3 is 0 Å². The number of benzene rings is 2. The highest BCUT2D eigenvalue weighted by atomic mass is 32.2. The van der Waals surface area contributed by atoms with E-state index >= 15 is 0 Å². The smallest absolute Gasteiger partial charge is 0.241 e. The summed E-state index contributed by atoms with van der Waals surface area (Å²) >= 11 is 1.37. The summed E-state index contributed by atoms with van der Waals surface area (Å²) in [5.41, 5.74) is 3.89. The molecule has 0 radical (unpaired) electrons. The summed E-state index contributed by atoms with van der Waals surface area (Å²) in [5.74, 6) is 0.720. The molecule has 27 heavy (non-hydrogen) atoms. The van der Waals surface area contributed by atoms with Gasteiger partial charge in [0, 0.05) is 16.9 Å². The second-order valence-electron chi connectivity index (χ2n) is 5.70. The van der Waals surface area contributed by atoms with Gasteiger partial charge in [0.25, 0.3) is 0 Å². The van der Waals surface area contributed by atoms with Crippen LogP contribution in [0.5, 0.6) is 11.5 Å². The number of fused-ring (bicyclic) bond motifs is 1. The molecular formula is C19H19N3O4S. The molecule has 0 spiro atoms. The van der Waals surface area contributed by atoms with Gasteiger partial charge in [0.15, 0.2) is 0 Å². The van der Waals surface area contributed by atoms with E-state index in [0.717, 1.165) is 10.6 Å². The molecule has 1 aliphatic heterocycles. The van der Waals surface area contributed by atoms with Crippen LogP contribution in [0.3, 0.4) is 0 Å². The van der Waals surface area contributed by atoms with Crippen molar-refractivity contribution in [3.8, 4) is 11.5 Å². The quantitative estimate of drug-likeness (QED) is 0.589. The average molecular weight is 385 g/mol. The number of hydrazone groups is 1. The Labute approximate surface area is 161 Å². The number of hydrogen-bond acceptors (Lipinski definition) is 6. The molecule has 0 aliphatic carbocycles. The Hall–Kier alpha value is -3.00. The molecule has 8 heteroatoms. The molecule has 0 saturated carbocycles. The standard InChI is InChI=1S/C19H19N3O4S/c1-25-13-7-8-15(26-2)12(9-13)11-20-22-18(23)10-17-19(24)21-14-5-3-4-6-16(14)27-17/h3-9,11,17H,10H2,1-2H3,(H,21,24)(H,22,23)/b20-11-/t17-/m1/s1. The van der Waals surface area contributed by atoms with E-state index in [9.17, 15) is 9.59 Å². The number of rotatable bonds is 6. The number of amides is 2. The lowest BCUT2D eigenvalue weighted by molar-refractivity contribution is -0.124. The van der Waals surface area contributed by atoms with Gasteiger partial charge in [-0.1, -0.05) is 12.1 Å². The van der Waals surface area contributed by atoms with Gasteiger partial charge in [-0.3, -0.25) is 9.59 Å². The number of methoxy groups -OCH3 is 2. The summed E-state index contributed by atoms with van der Waals surface area (Å²) in [6.45, 7) is 0. The molecule has 0 unspecified atom stereocenters. The molecule has 140 valence electrons. The summed E-state index contributed by atoms with van der Waals surface area (Å²) < 4.78 is 10.4. The minimum Gasteiger partial charge on any atom is -0.497 e. The zero-order valence-corrected chi connectivity index (χ0v) is 15.7. The highest BCUT2D eigenvalue weighted by Gasteiger charge is 2.28. The van der Waals surface area contributed by atoms with E-state index in [1.807, 2.05) is 24.3 Å². The second kappa shape index (κ2) is 8.59. The topological polar surface area (TPSA) is 89.0 Å². The van der Waals surface area contributed by atoms with Crippen LogP contribution in [0.25, 0.3) is 0 Å². The van der Waals surface area contributed by atoms with Crippen LogP contribution < -0.4 is 20.2 Å². The average Bonchev–Trinajstić information content (AvgIpc) is 2.68. The van der Waals surface area contributed by atoms with Crippen LogP contribution in [0.15, 0.2) is 52.5 Å². The summed E-state index contributed by atoms with van der Waals surface area (Å²) in [6.07, 6.45) is 1.50. The molecule has 1 heterocycles. The fourth-order valence-electron chi connectivity index (χ4n) is 2.56. The van der Waals surface area contributed by atoms with Gasteiger partial charge in [0.1, 0.15) is 11.5 Å². The van der Waals surface area contributed by atoms with Crippen LogP contribution in [0.4, 0.5) is 5.69 Å². The van der Waals surface area contributed by atoms with Gasteiger partial charge in [-0.25, -0.2) is 5.43 Å². The van der Waals surface area contributed by atoms with E-state index in [1.54, 1.807) is 32.4 Å². The maximum Gasteiger partial charge on any atom is 0.241 e. The lowest BCUT2D eigenvalue weighted by atomic mass is 10.2. The van der Waals surface area contributed by atoms with Crippen molar-refractivity contribution >= 4 is 35.5 Å². The van der Waals surface area contributed by atoms with E-state index in [4.69, 9.17) is 9.47 Å². The molecule has 2 aromatic rings. The number of nitrogens with zero attached hydrogens (tertiary/aromatic N) is 1. The molecule has 1 atom stereocenters. The van der Waals surface area contributed by atoms with Crippen molar-refractivity contribution in [3.05, 3.63) is 48.0 Å². The van der Waals surface area contributed by atoms with Crippen LogP contribution in [0.2, 0.25) is 0 Å². The van der Waals surface area contributed by atoms with Crippen molar-refractivity contribution < 1.29 is 19.1 Å². The van der Waals surface area contributed by atoms with E-state index in [-0.39, 0.29) is 18.2 Å². The van der Waals surface area contributed by atoms with Gasteiger partial charge in [-0.15, -0.1) is 11.8 Å². The maximum atomic E-state index is 12.2. The number of thioether (sulfide) groups is 1. The SMILES string of the molecule is COc1ccc(OC)c(/C=N\NC(=O)C[C@H]2Sc3ccccc3NC2=O)c1. The first-order chi connectivity index (χ1) is 13.1. The minimum absolute atomic E-state index is 0.0252. The Balaban J connectivity index is 1.60. The predicted molar refractivity (Wildman–Crippen MR) is 105 cm³/mol. The van der Waals surface area contributed by atoms with Crippen molar-refractivity contribution in [3.63, 3.8) is 0 Å². The second-order valence-corrected chi connectivity index (χ2v) is 6.94. The summed E-state index contributed by atoms with van der Waals surface area (Å²) in [5, 5.41) is 6.28. The van der Waals surface area contributed by atoms with Crippen molar-refractivity contribution in [2.75, 3.05) is 19.5 Å². The van der Waals surface area contributed by atoms with Crippen molar-refractivity contribution in [2.24, 2.45) is 5.10 Å². The summed E-state index contributed by atoms with van der Waals surface area (Å²) in [7, 11) is 3.12. The highest BCUT2D eigenvalue weighted by Crippen LogP contribution is 2.36. The third kappa shape index (κ3) is 4.59. The Kier molecular flexibility index (Phi) is 5.97. The Morgan fingerprint density at radius 2 is 2.07 bits per heavy atom. The normalized spacial score (nSPS) is 15.8. The van der Waals surface area contributed by atoms with E-state index in [2.05, 4.69) is 15.8 Å². The lowest BCUT2D eigenvalue weighted by Gasteiger charge is -2.23. The Morgan fingerprint density at radius 3 is 2.85 bits per heavy atom. The van der Waals surface area contributed by atoms with E-state index < -0.39 is 5.25 Å². The van der Waals surface area contributed by atoms with Gasteiger partial charge in [0.05, 0.1) is 31.4 Å². The van der Waals surface area contributed by atoms with Gasteiger partial charge < -0.3 is 14.8 Å². The van der Waals surface area contributed by atoms with E-state index in [1.165, 1.54) is 18.0 Å². The Bertz CT molecular complexity index is 885. The fourth-order valence-corrected chi connectivity index (χ4v) is 3.67. The zero-order valence-electron chi connectivity index (χ0n) is 14.9. The van der Waals surface area contributed by atoms with Gasteiger partial charge in [-0.05, 0) is 30.3 Å². The summed E-state index contributed by atoms with van der Waals surface area (Å²) in [6, 6.07) is 12.8. The molecule has 1 aliphatic rings. The molecule has 0 bridgehead atoms. The number of para-hydroxylation sites is 1. The first-order valence-electron chi connectivity index (χ1n) is 8.21. The number of hydrogen-bond donors (Lipinski definition) is 2. The van der Waals surface area contributed by atoms with Crippen molar-refractivity contribution in [1.29, 1.82) is 0 Å².